The number of benzene rings is 2. The molecule has 29 heavy (non-hydrogen) atoms. The van der Waals surface area contributed by atoms with Crippen LogP contribution in [0.15, 0.2) is 47.2 Å². The summed E-state index contributed by atoms with van der Waals surface area (Å²) in [5.41, 5.74) is 1.85. The van der Waals surface area contributed by atoms with Gasteiger partial charge >= 0.3 is 6.29 Å². The van der Waals surface area contributed by atoms with Crippen molar-refractivity contribution in [3.05, 3.63) is 59.3 Å². The molecule has 2 aromatic carbocycles. The van der Waals surface area contributed by atoms with Gasteiger partial charge in [0.05, 0.1) is 5.02 Å². The number of hydrogen-bond donors (Lipinski definition) is 1. The van der Waals surface area contributed by atoms with E-state index in [0.29, 0.717) is 22.6 Å². The fourth-order valence-corrected chi connectivity index (χ4v) is 2.90. The van der Waals surface area contributed by atoms with Gasteiger partial charge in [0.25, 0.3) is 5.91 Å². The maximum Gasteiger partial charge on any atom is 0.586 e. The molecule has 0 unspecified atom stereocenters. The Morgan fingerprint density at radius 2 is 1.72 bits per heavy atom. The third-order valence-electron chi connectivity index (χ3n) is 3.90. The van der Waals surface area contributed by atoms with E-state index in [0.717, 1.165) is 0 Å². The van der Waals surface area contributed by atoms with Crippen molar-refractivity contribution < 1.29 is 27.5 Å². The predicted molar refractivity (Wildman–Crippen MR) is 104 cm³/mol. The molecule has 0 radical (unpaired) electrons. The minimum absolute atomic E-state index is 0.0988. The lowest BCUT2D eigenvalue weighted by molar-refractivity contribution is -0.286. The average molecular weight is 423 g/mol. The van der Waals surface area contributed by atoms with Crippen molar-refractivity contribution in [3.63, 3.8) is 0 Å². The number of amides is 1. The summed E-state index contributed by atoms with van der Waals surface area (Å²) in [7, 11) is 0. The summed E-state index contributed by atoms with van der Waals surface area (Å²) in [6, 6.07) is 9.33. The number of carbonyl (C=O) groups excluding carboxylic acids is 1. The molecule has 1 aliphatic rings. The highest BCUT2D eigenvalue weighted by Crippen LogP contribution is 2.46. The molecule has 0 bridgehead atoms. The maximum absolute atomic E-state index is 13.2. The quantitative estimate of drug-likeness (QED) is 0.568. The van der Waals surface area contributed by atoms with Crippen molar-refractivity contribution in [1.29, 1.82) is 0 Å². The van der Waals surface area contributed by atoms with Gasteiger partial charge in [-0.2, -0.15) is 0 Å². The van der Waals surface area contributed by atoms with E-state index in [2.05, 4.69) is 19.8 Å². The first-order valence-corrected chi connectivity index (χ1v) is 9.11. The molecule has 0 saturated carbocycles. The fraction of sp³-hybridized carbons (Fsp3) is 0.200. The fourth-order valence-electron chi connectivity index (χ4n) is 2.64. The highest BCUT2D eigenvalue weighted by atomic mass is 35.5. The highest BCUT2D eigenvalue weighted by Gasteiger charge is 2.43. The SMILES string of the molecule is CC.Cc1ocnc1C(=O)Nc1ccc(-c2cc3c(cc2Cl)OC(F)(F)O3)cc1. The zero-order chi connectivity index (χ0) is 21.2. The summed E-state index contributed by atoms with van der Waals surface area (Å²) < 4.78 is 40.2. The number of anilines is 1. The summed E-state index contributed by atoms with van der Waals surface area (Å²) in [5, 5.41) is 2.92. The molecule has 0 fully saturated rings. The van der Waals surface area contributed by atoms with Crippen molar-refractivity contribution in [2.24, 2.45) is 0 Å². The predicted octanol–water partition coefficient (Wildman–Crippen LogP) is 5.90. The largest absolute Gasteiger partial charge is 0.586 e. The highest BCUT2D eigenvalue weighted by molar-refractivity contribution is 6.33. The molecular weight excluding hydrogens is 406 g/mol. The van der Waals surface area contributed by atoms with Crippen molar-refractivity contribution in [2.45, 2.75) is 27.1 Å². The summed E-state index contributed by atoms with van der Waals surface area (Å²) in [6.45, 7) is 5.64. The average Bonchev–Trinajstić information content (AvgIpc) is 3.24. The third-order valence-corrected chi connectivity index (χ3v) is 4.22. The lowest BCUT2D eigenvalue weighted by Crippen LogP contribution is -2.25. The summed E-state index contributed by atoms with van der Waals surface area (Å²) in [6.07, 6.45) is -2.52. The van der Waals surface area contributed by atoms with Crippen LogP contribution in [0.5, 0.6) is 11.5 Å². The molecule has 1 amide bonds. The Balaban J connectivity index is 0.00000117. The molecule has 0 aliphatic carbocycles. The molecule has 0 saturated heterocycles. The number of carbonyl (C=O) groups is 1. The second-order valence-corrected chi connectivity index (χ2v) is 6.14. The van der Waals surface area contributed by atoms with Crippen LogP contribution in [0.1, 0.15) is 30.1 Å². The first-order valence-electron chi connectivity index (χ1n) is 8.74. The van der Waals surface area contributed by atoms with Crippen molar-refractivity contribution in [2.75, 3.05) is 5.32 Å². The zero-order valence-electron chi connectivity index (χ0n) is 15.8. The van der Waals surface area contributed by atoms with Gasteiger partial charge in [0.2, 0.25) is 0 Å². The second-order valence-electron chi connectivity index (χ2n) is 5.73. The smallest absolute Gasteiger partial charge is 0.448 e. The van der Waals surface area contributed by atoms with Crippen LogP contribution >= 0.6 is 11.6 Å². The van der Waals surface area contributed by atoms with Gasteiger partial charge in [-0.1, -0.05) is 37.6 Å². The molecule has 0 spiro atoms. The maximum atomic E-state index is 13.2. The second kappa shape index (κ2) is 8.08. The molecule has 1 aliphatic heterocycles. The minimum Gasteiger partial charge on any atom is -0.448 e. The van der Waals surface area contributed by atoms with Crippen LogP contribution in [0, 0.1) is 6.92 Å². The van der Waals surface area contributed by atoms with E-state index in [1.807, 2.05) is 13.8 Å². The molecule has 1 aromatic heterocycles. The number of nitrogens with zero attached hydrogens (tertiary/aromatic N) is 1. The number of aromatic nitrogens is 1. The van der Waals surface area contributed by atoms with Crippen LogP contribution in [-0.4, -0.2) is 17.2 Å². The Morgan fingerprint density at radius 3 is 2.31 bits per heavy atom. The third kappa shape index (κ3) is 4.32. The molecule has 9 heteroatoms. The van der Waals surface area contributed by atoms with Crippen LogP contribution in [0.4, 0.5) is 14.5 Å². The molecule has 2 heterocycles. The number of nitrogens with one attached hydrogen (secondary N) is 1. The van der Waals surface area contributed by atoms with Gasteiger partial charge < -0.3 is 19.2 Å². The monoisotopic (exact) mass is 422 g/mol. The molecular formula is C20H17ClF2N2O4. The first kappa shape index (κ1) is 20.6. The number of rotatable bonds is 3. The van der Waals surface area contributed by atoms with E-state index < -0.39 is 12.2 Å². The van der Waals surface area contributed by atoms with Crippen molar-refractivity contribution in [3.8, 4) is 22.6 Å². The van der Waals surface area contributed by atoms with Gasteiger partial charge in [0.15, 0.2) is 23.6 Å². The van der Waals surface area contributed by atoms with E-state index in [1.165, 1.54) is 18.5 Å². The van der Waals surface area contributed by atoms with Gasteiger partial charge in [0, 0.05) is 17.3 Å². The topological polar surface area (TPSA) is 73.6 Å². The lowest BCUT2D eigenvalue weighted by Gasteiger charge is -2.08. The van der Waals surface area contributed by atoms with Crippen LogP contribution < -0.4 is 14.8 Å². The number of hydrogen-bond acceptors (Lipinski definition) is 5. The van der Waals surface area contributed by atoms with Crippen LogP contribution in [-0.2, 0) is 0 Å². The van der Waals surface area contributed by atoms with Crippen LogP contribution in [0.25, 0.3) is 11.1 Å². The Morgan fingerprint density at radius 1 is 1.10 bits per heavy atom. The number of fused-ring (bicyclic) bond motifs is 1. The van der Waals surface area contributed by atoms with Gasteiger partial charge in [-0.15, -0.1) is 8.78 Å². The standard InChI is InChI=1S/C18H11ClF2N2O4.C2H6/c1-9-16(22-8-25-9)17(24)23-11-4-2-10(3-5-11)12-6-14-15(7-13(12)19)27-18(20,21)26-14;1-2/h2-8H,1H3,(H,23,24);1-2H3. The Hall–Kier alpha value is -3.13. The van der Waals surface area contributed by atoms with Gasteiger partial charge in [0.1, 0.15) is 5.76 Å². The van der Waals surface area contributed by atoms with E-state index in [-0.39, 0.29) is 22.2 Å². The van der Waals surface area contributed by atoms with Crippen LogP contribution in [0.3, 0.4) is 0 Å². The lowest BCUT2D eigenvalue weighted by atomic mass is 10.0. The van der Waals surface area contributed by atoms with Crippen LogP contribution in [0.2, 0.25) is 5.02 Å². The Bertz CT molecular complexity index is 1040. The van der Waals surface area contributed by atoms with E-state index in [9.17, 15) is 13.6 Å². The number of aryl methyl sites for hydroxylation is 1. The normalized spacial score (nSPS) is 13.4. The molecule has 1 N–H and O–H groups in total. The molecule has 6 nitrogen and oxygen atoms in total. The molecule has 3 aromatic rings. The molecule has 4 rings (SSSR count). The number of oxazole rings is 1. The first-order chi connectivity index (χ1) is 13.8. The molecule has 0 atom stereocenters. The summed E-state index contributed by atoms with van der Waals surface area (Å²) in [4.78, 5) is 16.0. The van der Waals surface area contributed by atoms with Gasteiger partial charge in [-0.25, -0.2) is 4.98 Å². The minimum atomic E-state index is -3.71. The summed E-state index contributed by atoms with van der Waals surface area (Å²) in [5.74, 6) is -0.218. The van der Waals surface area contributed by atoms with Gasteiger partial charge in [-0.3, -0.25) is 4.79 Å². The number of ether oxygens (including phenoxy) is 2. The number of alkyl halides is 2. The van der Waals surface area contributed by atoms with E-state index in [1.54, 1.807) is 31.2 Å². The van der Waals surface area contributed by atoms with Crippen molar-refractivity contribution in [1.82, 2.24) is 4.98 Å². The van der Waals surface area contributed by atoms with E-state index >= 15 is 0 Å². The number of halogens is 3. The van der Waals surface area contributed by atoms with E-state index in [4.69, 9.17) is 16.0 Å². The Labute approximate surface area is 170 Å². The summed E-state index contributed by atoms with van der Waals surface area (Å²) >= 11 is 6.18. The Kier molecular flexibility index (Phi) is 5.74. The zero-order valence-corrected chi connectivity index (χ0v) is 16.5. The van der Waals surface area contributed by atoms with Gasteiger partial charge in [-0.05, 0) is 30.7 Å². The molecule has 152 valence electrons. The van der Waals surface area contributed by atoms with Crippen molar-refractivity contribution >= 4 is 23.2 Å².